The Hall–Kier alpha value is -3.35. The number of allylic oxidation sites excluding steroid dienone is 1. The third kappa shape index (κ3) is 4.56. The Morgan fingerprint density at radius 3 is 2.55 bits per heavy atom. The first-order valence-electron chi connectivity index (χ1n) is 8.84. The summed E-state index contributed by atoms with van der Waals surface area (Å²) in [6.07, 6.45) is -1.58. The number of hydrogen-bond acceptors (Lipinski definition) is 3. The van der Waals surface area contributed by atoms with Crippen molar-refractivity contribution in [3.63, 3.8) is 0 Å². The Labute approximate surface area is 166 Å². The molecule has 0 atom stereocenters. The fraction of sp³-hybridized carbons (Fsp3) is 0.182. The molecular weight excluding hydrogens is 381 g/mol. The van der Waals surface area contributed by atoms with Gasteiger partial charge in [-0.05, 0) is 29.7 Å². The molecule has 0 spiro atoms. The van der Waals surface area contributed by atoms with E-state index >= 15 is 0 Å². The van der Waals surface area contributed by atoms with Gasteiger partial charge < -0.3 is 9.30 Å². The van der Waals surface area contributed by atoms with E-state index in [4.69, 9.17) is 4.74 Å². The van der Waals surface area contributed by atoms with Gasteiger partial charge >= 0.3 is 12.1 Å². The number of halogens is 3. The smallest absolute Gasteiger partial charge is 0.434 e. The molecule has 0 aliphatic rings. The van der Waals surface area contributed by atoms with Crippen molar-refractivity contribution in [3.8, 4) is 11.4 Å². The van der Waals surface area contributed by atoms with Crippen molar-refractivity contribution in [2.45, 2.75) is 19.1 Å². The van der Waals surface area contributed by atoms with Gasteiger partial charge in [0.05, 0.1) is 12.7 Å². The first kappa shape index (κ1) is 20.4. The lowest BCUT2D eigenvalue weighted by Crippen LogP contribution is -2.05. The van der Waals surface area contributed by atoms with Crippen LogP contribution in [0.4, 0.5) is 13.2 Å². The lowest BCUT2D eigenvalue weighted by Gasteiger charge is -2.12. The summed E-state index contributed by atoms with van der Waals surface area (Å²) in [4.78, 5) is 15.7. The number of ether oxygens (including phenoxy) is 1. The van der Waals surface area contributed by atoms with Crippen LogP contribution in [0.5, 0.6) is 0 Å². The van der Waals surface area contributed by atoms with Crippen molar-refractivity contribution >= 4 is 5.97 Å². The zero-order chi connectivity index (χ0) is 21.0. The molecule has 0 amide bonds. The Kier molecular flexibility index (Phi) is 5.87. The van der Waals surface area contributed by atoms with Gasteiger partial charge in [-0.2, -0.15) is 13.2 Å². The molecular formula is C22H19F3N2O2. The normalized spacial score (nSPS) is 11.3. The first-order valence-corrected chi connectivity index (χ1v) is 8.84. The Bertz CT molecular complexity index is 1020. The van der Waals surface area contributed by atoms with E-state index in [1.54, 1.807) is 18.2 Å². The highest BCUT2D eigenvalue weighted by Crippen LogP contribution is 2.33. The SMILES string of the molecule is C=CCc1cc(C(=O)OC)ccc1-c1nc(C(F)(F)F)cn1Cc1ccccc1. The predicted molar refractivity (Wildman–Crippen MR) is 103 cm³/mol. The maximum absolute atomic E-state index is 13.3. The van der Waals surface area contributed by atoms with E-state index in [1.807, 2.05) is 30.3 Å². The van der Waals surface area contributed by atoms with Crippen LogP contribution < -0.4 is 0 Å². The minimum Gasteiger partial charge on any atom is -0.465 e. The summed E-state index contributed by atoms with van der Waals surface area (Å²) >= 11 is 0. The third-order valence-electron chi connectivity index (χ3n) is 4.39. The molecule has 3 aromatic rings. The molecule has 0 aliphatic heterocycles. The van der Waals surface area contributed by atoms with Crippen molar-refractivity contribution in [1.82, 2.24) is 9.55 Å². The van der Waals surface area contributed by atoms with Crippen LogP contribution in [-0.4, -0.2) is 22.6 Å². The Morgan fingerprint density at radius 2 is 1.93 bits per heavy atom. The zero-order valence-corrected chi connectivity index (χ0v) is 15.7. The van der Waals surface area contributed by atoms with E-state index in [2.05, 4.69) is 11.6 Å². The molecule has 1 aromatic heterocycles. The molecule has 1 heterocycles. The topological polar surface area (TPSA) is 44.1 Å². The minimum atomic E-state index is -4.57. The van der Waals surface area contributed by atoms with Gasteiger partial charge in [0.1, 0.15) is 5.82 Å². The second kappa shape index (κ2) is 8.34. The molecule has 3 rings (SSSR count). The summed E-state index contributed by atoms with van der Waals surface area (Å²) in [6, 6.07) is 13.9. The van der Waals surface area contributed by atoms with Gasteiger partial charge in [-0.15, -0.1) is 6.58 Å². The fourth-order valence-corrected chi connectivity index (χ4v) is 3.05. The average Bonchev–Trinajstić information content (AvgIpc) is 3.12. The molecule has 2 aromatic carbocycles. The summed E-state index contributed by atoms with van der Waals surface area (Å²) in [5, 5.41) is 0. The molecule has 0 bridgehead atoms. The number of nitrogens with zero attached hydrogens (tertiary/aromatic N) is 2. The summed E-state index contributed by atoms with van der Waals surface area (Å²) in [6.45, 7) is 3.92. The van der Waals surface area contributed by atoms with Crippen LogP contribution >= 0.6 is 0 Å². The van der Waals surface area contributed by atoms with Crippen molar-refractivity contribution in [2.24, 2.45) is 0 Å². The second-order valence-corrected chi connectivity index (χ2v) is 6.42. The lowest BCUT2D eigenvalue weighted by atomic mass is 10.0. The van der Waals surface area contributed by atoms with Crippen LogP contribution in [0.15, 0.2) is 67.4 Å². The molecule has 7 heteroatoms. The molecule has 29 heavy (non-hydrogen) atoms. The summed E-state index contributed by atoms with van der Waals surface area (Å²) in [5.74, 6) is -0.347. The summed E-state index contributed by atoms with van der Waals surface area (Å²) in [7, 11) is 1.27. The fourth-order valence-electron chi connectivity index (χ4n) is 3.05. The van der Waals surface area contributed by atoms with Crippen molar-refractivity contribution in [1.29, 1.82) is 0 Å². The molecule has 0 fully saturated rings. The van der Waals surface area contributed by atoms with E-state index in [9.17, 15) is 18.0 Å². The Balaban J connectivity index is 2.14. The number of imidazole rings is 1. The zero-order valence-electron chi connectivity index (χ0n) is 15.7. The number of rotatable bonds is 6. The van der Waals surface area contributed by atoms with E-state index in [0.717, 1.165) is 11.8 Å². The van der Waals surface area contributed by atoms with Crippen LogP contribution in [0.25, 0.3) is 11.4 Å². The van der Waals surface area contributed by atoms with Crippen molar-refractivity contribution < 1.29 is 22.7 Å². The van der Waals surface area contributed by atoms with Crippen molar-refractivity contribution in [3.05, 3.63) is 89.8 Å². The van der Waals surface area contributed by atoms with Gasteiger partial charge in [0.25, 0.3) is 0 Å². The number of carbonyl (C=O) groups excluding carboxylic acids is 1. The quantitative estimate of drug-likeness (QED) is 0.426. The number of carbonyl (C=O) groups is 1. The van der Waals surface area contributed by atoms with Crippen LogP contribution in [0.3, 0.4) is 0 Å². The first-order chi connectivity index (χ1) is 13.8. The van der Waals surface area contributed by atoms with Crippen molar-refractivity contribution in [2.75, 3.05) is 7.11 Å². The molecule has 4 nitrogen and oxygen atoms in total. The maximum atomic E-state index is 13.3. The summed E-state index contributed by atoms with van der Waals surface area (Å²) < 4.78 is 46.2. The van der Waals surface area contributed by atoms with Crippen LogP contribution in [-0.2, 0) is 23.9 Å². The van der Waals surface area contributed by atoms with Gasteiger partial charge in [0, 0.05) is 18.3 Å². The number of methoxy groups -OCH3 is 1. The highest BCUT2D eigenvalue weighted by molar-refractivity contribution is 5.90. The highest BCUT2D eigenvalue weighted by atomic mass is 19.4. The van der Waals surface area contributed by atoms with E-state index in [-0.39, 0.29) is 12.4 Å². The standard InChI is InChI=1S/C22H19F3N2O2/c1-3-7-16-12-17(21(28)29-2)10-11-18(16)20-26-19(22(23,24)25)14-27(20)13-15-8-5-4-6-9-15/h3-6,8-12,14H,1,7,13H2,2H3. The number of esters is 1. The van der Waals surface area contributed by atoms with E-state index in [1.165, 1.54) is 17.7 Å². The molecule has 0 N–H and O–H groups in total. The second-order valence-electron chi connectivity index (χ2n) is 6.42. The monoisotopic (exact) mass is 400 g/mol. The van der Waals surface area contributed by atoms with Gasteiger partial charge in [-0.1, -0.05) is 42.5 Å². The van der Waals surface area contributed by atoms with Gasteiger partial charge in [-0.25, -0.2) is 9.78 Å². The molecule has 0 saturated heterocycles. The molecule has 0 aliphatic carbocycles. The largest absolute Gasteiger partial charge is 0.465 e. The minimum absolute atomic E-state index is 0.175. The molecule has 0 unspecified atom stereocenters. The third-order valence-corrected chi connectivity index (χ3v) is 4.39. The molecule has 0 saturated carbocycles. The number of benzene rings is 2. The van der Waals surface area contributed by atoms with E-state index in [0.29, 0.717) is 23.1 Å². The number of aromatic nitrogens is 2. The maximum Gasteiger partial charge on any atom is 0.434 e. The molecule has 150 valence electrons. The predicted octanol–water partition coefficient (Wildman–Crippen LogP) is 5.13. The Morgan fingerprint density at radius 1 is 1.21 bits per heavy atom. The summed E-state index contributed by atoms with van der Waals surface area (Å²) in [5.41, 5.74) is 1.33. The van der Waals surface area contributed by atoms with Crippen LogP contribution in [0, 0.1) is 0 Å². The lowest BCUT2D eigenvalue weighted by molar-refractivity contribution is -0.140. The van der Waals surface area contributed by atoms with Crippen LogP contribution in [0.1, 0.15) is 27.2 Å². The van der Waals surface area contributed by atoms with Gasteiger partial charge in [0.15, 0.2) is 5.69 Å². The van der Waals surface area contributed by atoms with E-state index < -0.39 is 17.8 Å². The molecule has 0 radical (unpaired) electrons. The number of alkyl halides is 3. The average molecular weight is 400 g/mol. The number of hydrogen-bond donors (Lipinski definition) is 0. The highest BCUT2D eigenvalue weighted by Gasteiger charge is 2.35. The van der Waals surface area contributed by atoms with Gasteiger partial charge in [-0.3, -0.25) is 0 Å². The van der Waals surface area contributed by atoms with Crippen LogP contribution in [0.2, 0.25) is 0 Å². The van der Waals surface area contributed by atoms with Gasteiger partial charge in [0.2, 0.25) is 0 Å².